The van der Waals surface area contributed by atoms with Gasteiger partial charge in [-0.05, 0) is 66.8 Å². The average molecular weight is 443 g/mol. The van der Waals surface area contributed by atoms with Gasteiger partial charge in [-0.15, -0.1) is 0 Å². The molecular formula is C24H24F3N3O2. The molecule has 2 fully saturated rings. The van der Waals surface area contributed by atoms with Gasteiger partial charge in [0, 0.05) is 31.3 Å². The summed E-state index contributed by atoms with van der Waals surface area (Å²) in [5, 5.41) is 0.238. The van der Waals surface area contributed by atoms with Crippen LogP contribution >= 0.6 is 0 Å². The first kappa shape index (κ1) is 22.0. The molecule has 5 nitrogen and oxygen atoms in total. The van der Waals surface area contributed by atoms with Crippen molar-refractivity contribution in [2.75, 3.05) is 0 Å². The van der Waals surface area contributed by atoms with E-state index in [9.17, 15) is 22.8 Å². The molecule has 0 unspecified atom stereocenters. The summed E-state index contributed by atoms with van der Waals surface area (Å²) in [7, 11) is 0. The number of rotatable bonds is 3. The number of amides is 1. The molecule has 2 heterocycles. The number of fused-ring (bicyclic) bond motifs is 1. The Morgan fingerprint density at radius 3 is 2.38 bits per heavy atom. The Hall–Kier alpha value is -3.16. The zero-order valence-electron chi connectivity index (χ0n) is 17.4. The lowest BCUT2D eigenvalue weighted by Crippen LogP contribution is -2.24. The van der Waals surface area contributed by atoms with Crippen LogP contribution in [0.15, 0.2) is 47.5 Å². The predicted octanol–water partition coefficient (Wildman–Crippen LogP) is 5.02. The first-order valence-corrected chi connectivity index (χ1v) is 10.7. The zero-order chi connectivity index (χ0) is 22.9. The van der Waals surface area contributed by atoms with Crippen molar-refractivity contribution in [2.45, 2.75) is 56.3 Å². The van der Waals surface area contributed by atoms with E-state index in [1.165, 1.54) is 24.5 Å². The maximum atomic E-state index is 13.3. The number of pyridine rings is 2. The monoisotopic (exact) mass is 443 g/mol. The fraction of sp³-hybridized carbons (Fsp3) is 0.375. The van der Waals surface area contributed by atoms with Crippen LogP contribution in [0.5, 0.6) is 0 Å². The number of hydrogen-bond acceptors (Lipinski definition) is 3. The second-order valence-electron chi connectivity index (χ2n) is 8.47. The number of H-pyrrole nitrogens is 1. The van der Waals surface area contributed by atoms with Crippen LogP contribution in [0.4, 0.5) is 13.2 Å². The first-order valence-electron chi connectivity index (χ1n) is 10.7. The molecule has 1 amide bonds. The summed E-state index contributed by atoms with van der Waals surface area (Å²) in [6.07, 6.45) is 6.15. The number of nitrogens with one attached hydrogen (secondary N) is 1. The molecule has 0 bridgehead atoms. The fourth-order valence-corrected chi connectivity index (χ4v) is 4.33. The second kappa shape index (κ2) is 8.76. The third-order valence-electron chi connectivity index (χ3n) is 6.13. The number of benzene rings is 1. The molecule has 1 aromatic carbocycles. The molecule has 3 N–H and O–H groups in total. The van der Waals surface area contributed by atoms with Gasteiger partial charge >= 0.3 is 0 Å². The Kier molecular flexibility index (Phi) is 6.04. The van der Waals surface area contributed by atoms with Crippen LogP contribution in [0, 0.1) is 5.82 Å². The highest BCUT2D eigenvalue weighted by Gasteiger charge is 2.37. The Morgan fingerprint density at radius 1 is 1.03 bits per heavy atom. The van der Waals surface area contributed by atoms with Crippen LogP contribution in [-0.2, 0) is 0 Å². The van der Waals surface area contributed by atoms with E-state index in [0.29, 0.717) is 24.3 Å². The highest BCUT2D eigenvalue weighted by molar-refractivity contribution is 6.03. The van der Waals surface area contributed by atoms with Gasteiger partial charge in [-0.3, -0.25) is 14.6 Å². The van der Waals surface area contributed by atoms with Crippen molar-refractivity contribution in [1.29, 1.82) is 0 Å². The quantitative estimate of drug-likeness (QED) is 0.596. The first-order chi connectivity index (χ1) is 15.2. The van der Waals surface area contributed by atoms with Gasteiger partial charge < -0.3 is 10.7 Å². The number of carbonyl (C=O) groups excluding carboxylic acids is 1. The van der Waals surface area contributed by atoms with E-state index >= 15 is 0 Å². The van der Waals surface area contributed by atoms with Gasteiger partial charge in [-0.2, -0.15) is 0 Å². The molecule has 0 aliphatic heterocycles. The molecule has 2 saturated carbocycles. The van der Waals surface area contributed by atoms with Crippen LogP contribution < -0.4 is 11.2 Å². The molecule has 0 saturated heterocycles. The lowest BCUT2D eigenvalue weighted by Gasteiger charge is -2.29. The number of nitrogens with zero attached hydrogens (tertiary/aromatic N) is 1. The Morgan fingerprint density at radius 2 is 1.72 bits per heavy atom. The molecule has 5 rings (SSSR count). The van der Waals surface area contributed by atoms with Gasteiger partial charge in [0.15, 0.2) is 5.43 Å². The molecule has 0 atom stereocenters. The maximum Gasteiger partial charge on any atom is 0.268 e. The fourth-order valence-electron chi connectivity index (χ4n) is 4.33. The number of hydrogen-bond donors (Lipinski definition) is 2. The van der Waals surface area contributed by atoms with Crippen molar-refractivity contribution < 1.29 is 18.0 Å². The van der Waals surface area contributed by atoms with E-state index in [0.717, 1.165) is 24.0 Å². The normalized spacial score (nSPS) is 18.1. The van der Waals surface area contributed by atoms with Crippen LogP contribution in [0.1, 0.15) is 72.0 Å². The third-order valence-corrected chi connectivity index (χ3v) is 6.13. The van der Waals surface area contributed by atoms with Crippen molar-refractivity contribution in [3.05, 3.63) is 75.6 Å². The number of alkyl halides is 2. The molecular weight excluding hydrogens is 419 g/mol. The second-order valence-corrected chi connectivity index (χ2v) is 8.47. The van der Waals surface area contributed by atoms with Gasteiger partial charge in [0.25, 0.3) is 5.91 Å². The molecule has 2 aliphatic carbocycles. The lowest BCUT2D eigenvalue weighted by molar-refractivity contribution is -0.0382. The van der Waals surface area contributed by atoms with Gasteiger partial charge in [-0.1, -0.05) is 6.07 Å². The Bertz CT molecular complexity index is 1190. The Labute approximate surface area is 182 Å². The molecule has 8 heteroatoms. The minimum atomic E-state index is -2.49. The third kappa shape index (κ3) is 4.84. The smallest absolute Gasteiger partial charge is 0.268 e. The summed E-state index contributed by atoms with van der Waals surface area (Å²) >= 11 is 0. The van der Waals surface area contributed by atoms with Crippen molar-refractivity contribution in [1.82, 2.24) is 9.97 Å². The highest BCUT2D eigenvalue weighted by atomic mass is 19.3. The SMILES string of the molecule is Fc1ccc(C2CCC(F)(F)CC2)c(C2CC2)c1.NC(=O)c1nccc2[nH]ccc(=O)c12. The molecule has 0 spiro atoms. The van der Waals surface area contributed by atoms with Crippen molar-refractivity contribution in [2.24, 2.45) is 5.73 Å². The van der Waals surface area contributed by atoms with Gasteiger partial charge in [0.2, 0.25) is 5.92 Å². The van der Waals surface area contributed by atoms with E-state index in [2.05, 4.69) is 9.97 Å². The van der Waals surface area contributed by atoms with Crippen LogP contribution in [0.25, 0.3) is 10.9 Å². The number of primary amides is 1. The van der Waals surface area contributed by atoms with E-state index in [4.69, 9.17) is 5.73 Å². The maximum absolute atomic E-state index is 13.3. The number of halogens is 3. The summed E-state index contributed by atoms with van der Waals surface area (Å²) in [6.45, 7) is 0. The highest BCUT2D eigenvalue weighted by Crippen LogP contribution is 2.47. The largest absolute Gasteiger partial charge is 0.364 e. The van der Waals surface area contributed by atoms with Crippen LogP contribution in [0.2, 0.25) is 0 Å². The van der Waals surface area contributed by atoms with E-state index in [-0.39, 0.29) is 41.1 Å². The molecule has 32 heavy (non-hydrogen) atoms. The summed E-state index contributed by atoms with van der Waals surface area (Å²) in [5.41, 5.74) is 7.59. The predicted molar refractivity (Wildman–Crippen MR) is 115 cm³/mol. The minimum Gasteiger partial charge on any atom is -0.364 e. The number of aromatic nitrogens is 2. The number of aromatic amines is 1. The topological polar surface area (TPSA) is 88.8 Å². The summed E-state index contributed by atoms with van der Waals surface area (Å²) < 4.78 is 39.6. The molecule has 0 radical (unpaired) electrons. The molecule has 3 aromatic rings. The van der Waals surface area contributed by atoms with E-state index in [1.54, 1.807) is 12.1 Å². The summed E-state index contributed by atoms with van der Waals surface area (Å²) in [4.78, 5) is 29.0. The van der Waals surface area contributed by atoms with Gasteiger partial charge in [0.05, 0.1) is 10.9 Å². The molecule has 2 aromatic heterocycles. The van der Waals surface area contributed by atoms with Crippen LogP contribution in [-0.4, -0.2) is 21.8 Å². The Balaban J connectivity index is 0.000000158. The van der Waals surface area contributed by atoms with E-state index < -0.39 is 11.8 Å². The van der Waals surface area contributed by atoms with Gasteiger partial charge in [0.1, 0.15) is 11.5 Å². The van der Waals surface area contributed by atoms with Gasteiger partial charge in [-0.25, -0.2) is 13.2 Å². The summed E-state index contributed by atoms with van der Waals surface area (Å²) in [6, 6.07) is 7.84. The van der Waals surface area contributed by atoms with E-state index in [1.807, 2.05) is 6.07 Å². The van der Waals surface area contributed by atoms with Crippen molar-refractivity contribution in [3.8, 4) is 0 Å². The standard InChI is InChI=1S/C15H17F3.C9H7N3O2/c16-12-3-4-13(14(9-12)10-1-2-10)11-5-7-15(17,18)8-6-11;10-9(14)8-7-5(1-3-12-8)11-4-2-6(7)13/h3-4,9-11H,1-2,5-8H2;1-4H,(H2,10,14)(H,11,13). The molecule has 168 valence electrons. The average Bonchev–Trinajstić information content (AvgIpc) is 3.60. The van der Waals surface area contributed by atoms with Crippen molar-refractivity contribution >= 4 is 16.8 Å². The van der Waals surface area contributed by atoms with Crippen LogP contribution in [0.3, 0.4) is 0 Å². The van der Waals surface area contributed by atoms with Crippen molar-refractivity contribution in [3.63, 3.8) is 0 Å². The number of nitrogens with two attached hydrogens (primary N) is 1. The summed E-state index contributed by atoms with van der Waals surface area (Å²) in [5.74, 6) is -2.73. The number of carbonyl (C=O) groups is 1. The zero-order valence-corrected chi connectivity index (χ0v) is 17.4. The minimum absolute atomic E-state index is 0.00403. The lowest BCUT2D eigenvalue weighted by atomic mass is 9.80. The molecule has 2 aliphatic rings.